The maximum absolute atomic E-state index is 14.4. The number of aryl methyl sites for hydroxylation is 1. The maximum Gasteiger partial charge on any atom is 0.253 e. The smallest absolute Gasteiger partial charge is 0.253 e. The van der Waals surface area contributed by atoms with E-state index in [1.807, 2.05) is 0 Å². The van der Waals surface area contributed by atoms with Gasteiger partial charge in [-0.3, -0.25) is 4.79 Å². The number of amides is 1. The third-order valence-corrected chi connectivity index (χ3v) is 4.72. The maximum atomic E-state index is 14.4. The van der Waals surface area contributed by atoms with Crippen molar-refractivity contribution in [3.05, 3.63) is 82.1 Å². The van der Waals surface area contributed by atoms with Crippen molar-refractivity contribution in [1.29, 1.82) is 0 Å². The first-order valence-corrected chi connectivity index (χ1v) is 8.66. The van der Waals surface area contributed by atoms with Gasteiger partial charge in [0.05, 0.1) is 12.7 Å². The summed E-state index contributed by atoms with van der Waals surface area (Å²) in [6, 6.07) is 10.7. The van der Waals surface area contributed by atoms with Gasteiger partial charge in [-0.15, -0.1) is 0 Å². The number of hydrogen-bond donors (Lipinski definition) is 1. The molecule has 134 valence electrons. The quantitative estimate of drug-likeness (QED) is 0.685. The lowest BCUT2D eigenvalue weighted by molar-refractivity contribution is 0.0939. The summed E-state index contributed by atoms with van der Waals surface area (Å²) in [5.41, 5.74) is 0.731. The van der Waals surface area contributed by atoms with Crippen LogP contribution in [0.15, 0.2) is 59.3 Å². The molecule has 3 aromatic rings. The third kappa shape index (κ3) is 3.62. The normalized spacial score (nSPS) is 11.8. The van der Waals surface area contributed by atoms with E-state index in [4.69, 9.17) is 4.74 Å². The molecule has 0 aliphatic rings. The molecule has 3 rings (SSSR count). The average Bonchev–Trinajstić information content (AvgIpc) is 3.06. The summed E-state index contributed by atoms with van der Waals surface area (Å²) >= 11 is 3.37. The zero-order valence-electron chi connectivity index (χ0n) is 14.2. The number of rotatable bonds is 5. The summed E-state index contributed by atoms with van der Waals surface area (Å²) in [7, 11) is 3.32. The summed E-state index contributed by atoms with van der Waals surface area (Å²) in [4.78, 5) is 17.2. The summed E-state index contributed by atoms with van der Waals surface area (Å²) in [5, 5.41) is 2.88. The van der Waals surface area contributed by atoms with Gasteiger partial charge >= 0.3 is 0 Å². The first kappa shape index (κ1) is 18.1. The summed E-state index contributed by atoms with van der Waals surface area (Å²) in [6.45, 7) is 0. The lowest BCUT2D eigenvalue weighted by atomic mass is 10.0. The monoisotopic (exact) mass is 417 g/mol. The van der Waals surface area contributed by atoms with Crippen molar-refractivity contribution >= 4 is 21.8 Å². The molecule has 0 fully saturated rings. The zero-order valence-corrected chi connectivity index (χ0v) is 15.8. The van der Waals surface area contributed by atoms with Crippen LogP contribution in [0.4, 0.5) is 4.39 Å². The minimum absolute atomic E-state index is 0.342. The molecule has 0 aliphatic heterocycles. The molecule has 0 aliphatic carbocycles. The van der Waals surface area contributed by atoms with E-state index >= 15 is 0 Å². The second-order valence-electron chi connectivity index (χ2n) is 5.67. The molecule has 1 unspecified atom stereocenters. The summed E-state index contributed by atoms with van der Waals surface area (Å²) in [6.07, 6.45) is 3.35. The molecular formula is C19H17BrFN3O2. The van der Waals surface area contributed by atoms with Crippen LogP contribution in [-0.4, -0.2) is 22.6 Å². The molecule has 1 aromatic heterocycles. The Morgan fingerprint density at radius 2 is 2.08 bits per heavy atom. The molecular weight excluding hydrogens is 401 g/mol. The fourth-order valence-electron chi connectivity index (χ4n) is 2.66. The van der Waals surface area contributed by atoms with Gasteiger partial charge < -0.3 is 14.6 Å². The first-order chi connectivity index (χ1) is 12.5. The van der Waals surface area contributed by atoms with Gasteiger partial charge in [0.25, 0.3) is 5.91 Å². The number of halogens is 2. The highest BCUT2D eigenvalue weighted by molar-refractivity contribution is 9.10. The minimum atomic E-state index is -0.734. The molecule has 1 heterocycles. The second kappa shape index (κ2) is 7.70. The van der Waals surface area contributed by atoms with Crippen molar-refractivity contribution in [1.82, 2.24) is 14.9 Å². The van der Waals surface area contributed by atoms with Crippen LogP contribution in [0, 0.1) is 5.82 Å². The number of carbonyl (C=O) groups excluding carboxylic acids is 1. The SMILES string of the molecule is COc1ccc(Br)c(C(=O)NC(c2ccccc2F)c2nccn2C)c1. The zero-order chi connectivity index (χ0) is 18.7. The van der Waals surface area contributed by atoms with Gasteiger partial charge in [-0.05, 0) is 40.2 Å². The number of aromatic nitrogens is 2. The number of carbonyl (C=O) groups is 1. The molecule has 7 heteroatoms. The van der Waals surface area contributed by atoms with Crippen LogP contribution in [0.25, 0.3) is 0 Å². The topological polar surface area (TPSA) is 56.1 Å². The number of methoxy groups -OCH3 is 1. The minimum Gasteiger partial charge on any atom is -0.497 e. The molecule has 2 aromatic carbocycles. The number of nitrogens with zero attached hydrogens (tertiary/aromatic N) is 2. The molecule has 0 bridgehead atoms. The summed E-state index contributed by atoms with van der Waals surface area (Å²) < 4.78 is 21.9. The Morgan fingerprint density at radius 1 is 1.31 bits per heavy atom. The molecule has 0 saturated heterocycles. The van der Waals surface area contributed by atoms with Gasteiger partial charge in [-0.2, -0.15) is 0 Å². The lowest BCUT2D eigenvalue weighted by Gasteiger charge is -2.20. The van der Waals surface area contributed by atoms with Crippen LogP contribution in [0.5, 0.6) is 5.75 Å². The van der Waals surface area contributed by atoms with E-state index in [1.165, 1.54) is 13.2 Å². The van der Waals surface area contributed by atoms with E-state index in [0.717, 1.165) is 0 Å². The van der Waals surface area contributed by atoms with E-state index < -0.39 is 11.9 Å². The van der Waals surface area contributed by atoms with Crippen LogP contribution in [-0.2, 0) is 7.05 Å². The van der Waals surface area contributed by atoms with E-state index in [-0.39, 0.29) is 5.91 Å². The highest BCUT2D eigenvalue weighted by Gasteiger charge is 2.25. The van der Waals surface area contributed by atoms with Crippen LogP contribution in [0.3, 0.4) is 0 Å². The van der Waals surface area contributed by atoms with Crippen molar-refractivity contribution in [2.24, 2.45) is 7.05 Å². The third-order valence-electron chi connectivity index (χ3n) is 4.03. The van der Waals surface area contributed by atoms with Crippen molar-refractivity contribution in [2.45, 2.75) is 6.04 Å². The lowest BCUT2D eigenvalue weighted by Crippen LogP contribution is -2.32. The average molecular weight is 418 g/mol. The largest absolute Gasteiger partial charge is 0.497 e. The Kier molecular flexibility index (Phi) is 5.37. The Bertz CT molecular complexity index is 942. The van der Waals surface area contributed by atoms with Gasteiger partial charge in [-0.1, -0.05) is 18.2 Å². The van der Waals surface area contributed by atoms with Gasteiger partial charge in [0.15, 0.2) is 0 Å². The highest BCUT2D eigenvalue weighted by Crippen LogP contribution is 2.26. The second-order valence-corrected chi connectivity index (χ2v) is 6.52. The first-order valence-electron chi connectivity index (χ1n) is 7.87. The molecule has 1 N–H and O–H groups in total. The molecule has 0 radical (unpaired) electrons. The number of nitrogens with one attached hydrogen (secondary N) is 1. The Morgan fingerprint density at radius 3 is 2.73 bits per heavy atom. The standard InChI is InChI=1S/C19H17BrFN3O2/c1-24-10-9-22-18(24)17(13-5-3-4-6-16(13)21)23-19(25)14-11-12(26-2)7-8-15(14)20/h3-11,17H,1-2H3,(H,23,25). The van der Waals surface area contributed by atoms with Crippen LogP contribution in [0.2, 0.25) is 0 Å². The predicted octanol–water partition coefficient (Wildman–Crippen LogP) is 3.85. The van der Waals surface area contributed by atoms with E-state index in [0.29, 0.717) is 27.2 Å². The van der Waals surface area contributed by atoms with Crippen LogP contribution >= 0.6 is 15.9 Å². The van der Waals surface area contributed by atoms with Gasteiger partial charge in [-0.25, -0.2) is 9.37 Å². The number of benzene rings is 2. The fourth-order valence-corrected chi connectivity index (χ4v) is 3.09. The van der Waals surface area contributed by atoms with E-state index in [2.05, 4.69) is 26.2 Å². The predicted molar refractivity (Wildman–Crippen MR) is 99.6 cm³/mol. The van der Waals surface area contributed by atoms with Crippen LogP contribution < -0.4 is 10.1 Å². The highest BCUT2D eigenvalue weighted by atomic mass is 79.9. The molecule has 0 saturated carbocycles. The molecule has 5 nitrogen and oxygen atoms in total. The Labute approximate surface area is 159 Å². The summed E-state index contributed by atoms with van der Waals surface area (Å²) in [5.74, 6) is 0.304. The van der Waals surface area contributed by atoms with Crippen molar-refractivity contribution in [3.8, 4) is 5.75 Å². The van der Waals surface area contributed by atoms with E-state index in [1.54, 1.807) is 60.4 Å². The molecule has 0 spiro atoms. The Balaban J connectivity index is 2.00. The number of ether oxygens (including phenoxy) is 1. The molecule has 26 heavy (non-hydrogen) atoms. The van der Waals surface area contributed by atoms with Crippen molar-refractivity contribution in [2.75, 3.05) is 7.11 Å². The number of hydrogen-bond acceptors (Lipinski definition) is 3. The molecule has 1 amide bonds. The Hall–Kier alpha value is -2.67. The van der Waals surface area contributed by atoms with Gasteiger partial charge in [0.2, 0.25) is 0 Å². The van der Waals surface area contributed by atoms with Gasteiger partial charge in [0, 0.05) is 29.5 Å². The van der Waals surface area contributed by atoms with Crippen molar-refractivity contribution in [3.63, 3.8) is 0 Å². The van der Waals surface area contributed by atoms with Crippen LogP contribution in [0.1, 0.15) is 27.8 Å². The van der Waals surface area contributed by atoms with Gasteiger partial charge in [0.1, 0.15) is 23.4 Å². The number of imidazole rings is 1. The van der Waals surface area contributed by atoms with Crippen molar-refractivity contribution < 1.29 is 13.9 Å². The van der Waals surface area contributed by atoms with E-state index in [9.17, 15) is 9.18 Å². The molecule has 1 atom stereocenters. The fraction of sp³-hybridized carbons (Fsp3) is 0.158.